The van der Waals surface area contributed by atoms with Crippen LogP contribution in [0.5, 0.6) is 0 Å². The molecule has 0 spiro atoms. The van der Waals surface area contributed by atoms with Gasteiger partial charge in [0.05, 0.1) is 0 Å². The van der Waals surface area contributed by atoms with Gasteiger partial charge in [-0.1, -0.05) is 0 Å². The summed E-state index contributed by atoms with van der Waals surface area (Å²) in [5.74, 6) is -0.440. The minimum atomic E-state index is -0.915. The van der Waals surface area contributed by atoms with Crippen molar-refractivity contribution in [1.29, 1.82) is 0 Å². The lowest BCUT2D eigenvalue weighted by Gasteiger charge is -2.14. The Balaban J connectivity index is 2.09. The van der Waals surface area contributed by atoms with E-state index in [0.717, 1.165) is 0 Å². The van der Waals surface area contributed by atoms with E-state index >= 15 is 0 Å². The quantitative estimate of drug-likeness (QED) is 0.736. The third kappa shape index (κ3) is 3.61. The minimum Gasteiger partial charge on any atom is -0.480 e. The number of carboxylic acids is 1. The molecule has 20 heavy (non-hydrogen) atoms. The summed E-state index contributed by atoms with van der Waals surface area (Å²) in [6.45, 7) is 0.530. The average molecular weight is 276 g/mol. The number of anilines is 1. The Morgan fingerprint density at radius 3 is 2.95 bits per heavy atom. The van der Waals surface area contributed by atoms with E-state index in [0.29, 0.717) is 36.4 Å². The number of aliphatic carboxylic acids is 1. The molecular weight excluding hydrogens is 260 g/mol. The predicted molar refractivity (Wildman–Crippen MR) is 73.5 cm³/mol. The number of hydrogen-bond acceptors (Lipinski definition) is 6. The molecule has 0 fully saturated rings. The van der Waals surface area contributed by atoms with Gasteiger partial charge in [-0.3, -0.25) is 4.98 Å². The molecule has 0 aliphatic rings. The lowest BCUT2D eigenvalue weighted by molar-refractivity contribution is -0.138. The number of carbonyl (C=O) groups is 1. The van der Waals surface area contributed by atoms with Gasteiger partial charge in [0.1, 0.15) is 17.4 Å². The van der Waals surface area contributed by atoms with Crippen LogP contribution in [0.15, 0.2) is 24.5 Å². The van der Waals surface area contributed by atoms with Gasteiger partial charge in [-0.2, -0.15) is 0 Å². The molecule has 2 N–H and O–H groups in total. The smallest absolute Gasteiger partial charge is 0.326 e. The maximum absolute atomic E-state index is 11.2. The summed E-state index contributed by atoms with van der Waals surface area (Å²) >= 11 is 0. The van der Waals surface area contributed by atoms with E-state index in [1.807, 2.05) is 0 Å². The van der Waals surface area contributed by atoms with Crippen molar-refractivity contribution in [3.63, 3.8) is 0 Å². The molecule has 0 amide bonds. The number of ether oxygens (including phenoxy) is 1. The van der Waals surface area contributed by atoms with E-state index < -0.39 is 12.0 Å². The van der Waals surface area contributed by atoms with Gasteiger partial charge in [-0.05, 0) is 25.0 Å². The molecule has 7 heteroatoms. The third-order valence-corrected chi connectivity index (χ3v) is 2.79. The van der Waals surface area contributed by atoms with Gasteiger partial charge >= 0.3 is 5.97 Å². The van der Waals surface area contributed by atoms with Gasteiger partial charge < -0.3 is 15.2 Å². The van der Waals surface area contributed by atoms with Crippen molar-refractivity contribution in [3.05, 3.63) is 24.5 Å². The number of nitrogens with zero attached hydrogens (tertiary/aromatic N) is 3. The van der Waals surface area contributed by atoms with E-state index in [1.165, 1.54) is 0 Å². The molecule has 1 unspecified atom stereocenters. The molecule has 2 rings (SSSR count). The van der Waals surface area contributed by atoms with Gasteiger partial charge in [-0.25, -0.2) is 14.8 Å². The molecule has 2 aromatic rings. The number of rotatable bonds is 7. The number of fused-ring (bicyclic) bond motifs is 1. The second kappa shape index (κ2) is 6.76. The van der Waals surface area contributed by atoms with Crippen LogP contribution >= 0.6 is 0 Å². The number of aromatic nitrogens is 3. The number of pyridine rings is 1. The fourth-order valence-electron chi connectivity index (χ4n) is 1.80. The SMILES string of the molecule is COCCCC(Nc1ccc2nccnc2n1)C(=O)O. The molecule has 0 bridgehead atoms. The molecule has 2 heterocycles. The first kappa shape index (κ1) is 14.1. The van der Waals surface area contributed by atoms with Gasteiger partial charge in [0, 0.05) is 26.1 Å². The minimum absolute atomic E-state index is 0.462. The summed E-state index contributed by atoms with van der Waals surface area (Å²) in [7, 11) is 1.59. The number of carboxylic acid groups (broad SMARTS) is 1. The Morgan fingerprint density at radius 1 is 1.40 bits per heavy atom. The van der Waals surface area contributed by atoms with Crippen molar-refractivity contribution in [2.45, 2.75) is 18.9 Å². The molecule has 0 saturated carbocycles. The Hall–Kier alpha value is -2.28. The van der Waals surface area contributed by atoms with Gasteiger partial charge in [0.2, 0.25) is 0 Å². The van der Waals surface area contributed by atoms with Crippen molar-refractivity contribution in [2.75, 3.05) is 19.0 Å². The first-order valence-electron chi connectivity index (χ1n) is 6.27. The lowest BCUT2D eigenvalue weighted by Crippen LogP contribution is -2.29. The van der Waals surface area contributed by atoms with E-state index in [2.05, 4.69) is 20.3 Å². The van der Waals surface area contributed by atoms with Crippen LogP contribution in [0, 0.1) is 0 Å². The lowest BCUT2D eigenvalue weighted by atomic mass is 10.1. The summed E-state index contributed by atoms with van der Waals surface area (Å²) in [5, 5.41) is 12.1. The summed E-state index contributed by atoms with van der Waals surface area (Å²) in [4.78, 5) is 23.6. The van der Waals surface area contributed by atoms with Crippen LogP contribution in [0.25, 0.3) is 11.2 Å². The van der Waals surface area contributed by atoms with Crippen molar-refractivity contribution in [3.8, 4) is 0 Å². The van der Waals surface area contributed by atoms with Crippen LogP contribution in [-0.4, -0.2) is 45.8 Å². The Kier molecular flexibility index (Phi) is 4.78. The summed E-state index contributed by atoms with van der Waals surface area (Å²) in [5.41, 5.74) is 1.16. The highest BCUT2D eigenvalue weighted by Crippen LogP contribution is 2.13. The highest BCUT2D eigenvalue weighted by atomic mass is 16.5. The molecule has 2 aromatic heterocycles. The van der Waals surface area contributed by atoms with Crippen LogP contribution in [0.1, 0.15) is 12.8 Å². The van der Waals surface area contributed by atoms with Gasteiger partial charge in [0.15, 0.2) is 5.65 Å². The van der Waals surface area contributed by atoms with Crippen molar-refractivity contribution in [2.24, 2.45) is 0 Å². The van der Waals surface area contributed by atoms with E-state index in [9.17, 15) is 9.90 Å². The summed E-state index contributed by atoms with van der Waals surface area (Å²) in [6.07, 6.45) is 4.26. The average Bonchev–Trinajstić information content (AvgIpc) is 2.46. The van der Waals surface area contributed by atoms with E-state index in [1.54, 1.807) is 31.6 Å². The Bertz CT molecular complexity index is 591. The molecule has 0 aromatic carbocycles. The first-order chi connectivity index (χ1) is 9.70. The van der Waals surface area contributed by atoms with Gasteiger partial charge in [-0.15, -0.1) is 0 Å². The molecule has 0 saturated heterocycles. The van der Waals surface area contributed by atoms with E-state index in [4.69, 9.17) is 4.74 Å². The Labute approximate surface area is 116 Å². The number of hydrogen-bond donors (Lipinski definition) is 2. The largest absolute Gasteiger partial charge is 0.480 e. The fraction of sp³-hybridized carbons (Fsp3) is 0.385. The maximum Gasteiger partial charge on any atom is 0.326 e. The molecule has 0 radical (unpaired) electrons. The normalized spacial score (nSPS) is 12.2. The molecule has 0 aliphatic carbocycles. The number of methoxy groups -OCH3 is 1. The molecular formula is C13H16N4O3. The van der Waals surface area contributed by atoms with Gasteiger partial charge in [0.25, 0.3) is 0 Å². The van der Waals surface area contributed by atoms with E-state index in [-0.39, 0.29) is 0 Å². The summed E-state index contributed by atoms with van der Waals surface area (Å²) in [6, 6.07) is 2.75. The highest BCUT2D eigenvalue weighted by Gasteiger charge is 2.17. The highest BCUT2D eigenvalue weighted by molar-refractivity contribution is 5.78. The van der Waals surface area contributed by atoms with Crippen molar-refractivity contribution < 1.29 is 14.6 Å². The zero-order chi connectivity index (χ0) is 14.4. The van der Waals surface area contributed by atoms with Crippen LogP contribution in [-0.2, 0) is 9.53 Å². The van der Waals surface area contributed by atoms with Crippen molar-refractivity contribution >= 4 is 23.0 Å². The van der Waals surface area contributed by atoms with Crippen LogP contribution in [0.2, 0.25) is 0 Å². The third-order valence-electron chi connectivity index (χ3n) is 2.79. The molecule has 0 aliphatic heterocycles. The van der Waals surface area contributed by atoms with Crippen LogP contribution in [0.4, 0.5) is 5.82 Å². The number of nitrogens with one attached hydrogen (secondary N) is 1. The molecule has 106 valence electrons. The Morgan fingerprint density at radius 2 is 2.20 bits per heavy atom. The molecule has 1 atom stereocenters. The van der Waals surface area contributed by atoms with Crippen LogP contribution < -0.4 is 5.32 Å². The zero-order valence-corrected chi connectivity index (χ0v) is 11.1. The van der Waals surface area contributed by atoms with Crippen molar-refractivity contribution in [1.82, 2.24) is 15.0 Å². The first-order valence-corrected chi connectivity index (χ1v) is 6.27. The second-order valence-corrected chi connectivity index (χ2v) is 4.27. The second-order valence-electron chi connectivity index (χ2n) is 4.27. The predicted octanol–water partition coefficient (Wildman–Crippen LogP) is 1.32. The topological polar surface area (TPSA) is 97.2 Å². The monoisotopic (exact) mass is 276 g/mol. The summed E-state index contributed by atoms with van der Waals surface area (Å²) < 4.78 is 4.93. The zero-order valence-electron chi connectivity index (χ0n) is 11.1. The fourth-order valence-corrected chi connectivity index (χ4v) is 1.80. The van der Waals surface area contributed by atoms with Crippen LogP contribution in [0.3, 0.4) is 0 Å². The molecule has 7 nitrogen and oxygen atoms in total. The standard InChI is InChI=1S/C13H16N4O3/c1-20-8-2-3-10(13(18)19)16-11-5-4-9-12(17-11)15-7-6-14-9/h4-7,10H,2-3,8H2,1H3,(H,18,19)(H,15,16,17). The maximum atomic E-state index is 11.2.